The second-order valence-electron chi connectivity index (χ2n) is 5.80. The second kappa shape index (κ2) is 7.90. The molecule has 1 heterocycles. The van der Waals surface area contributed by atoms with E-state index in [0.717, 1.165) is 0 Å². The van der Waals surface area contributed by atoms with Gasteiger partial charge in [-0.3, -0.25) is 9.59 Å². The molecular formula is C18H21NO7. The van der Waals surface area contributed by atoms with Crippen molar-refractivity contribution in [2.24, 2.45) is 0 Å². The van der Waals surface area contributed by atoms with E-state index < -0.39 is 23.5 Å². The number of hydrogen-bond donors (Lipinski definition) is 2. The van der Waals surface area contributed by atoms with Gasteiger partial charge in [-0.1, -0.05) is 0 Å². The molecule has 1 aromatic heterocycles. The van der Waals surface area contributed by atoms with Gasteiger partial charge >= 0.3 is 11.6 Å². The van der Waals surface area contributed by atoms with E-state index in [1.54, 1.807) is 19.1 Å². The summed E-state index contributed by atoms with van der Waals surface area (Å²) in [7, 11) is 2.94. The maximum atomic E-state index is 12.4. The Morgan fingerprint density at radius 3 is 2.54 bits per heavy atom. The number of aliphatic carboxylic acids is 1. The molecular weight excluding hydrogens is 342 g/mol. The van der Waals surface area contributed by atoms with Crippen LogP contribution in [0, 0.1) is 6.92 Å². The van der Waals surface area contributed by atoms with E-state index in [2.05, 4.69) is 5.32 Å². The van der Waals surface area contributed by atoms with Gasteiger partial charge < -0.3 is 24.3 Å². The number of aryl methyl sites for hydroxylation is 1. The lowest BCUT2D eigenvalue weighted by Crippen LogP contribution is -2.38. The summed E-state index contributed by atoms with van der Waals surface area (Å²) in [6.07, 6.45) is 0.110. The molecule has 2 aromatic rings. The maximum Gasteiger partial charge on any atom is 0.339 e. The number of carbonyl (C=O) groups is 2. The number of carbonyl (C=O) groups excluding carboxylic acids is 1. The first kappa shape index (κ1) is 19.3. The molecule has 0 unspecified atom stereocenters. The molecule has 0 spiro atoms. The number of methoxy groups -OCH3 is 2. The molecule has 0 fully saturated rings. The molecule has 8 heteroatoms. The number of carboxylic acid groups (broad SMARTS) is 1. The summed E-state index contributed by atoms with van der Waals surface area (Å²) in [5.74, 6) is -0.811. The fourth-order valence-corrected chi connectivity index (χ4v) is 2.67. The highest BCUT2D eigenvalue weighted by molar-refractivity contribution is 5.89. The van der Waals surface area contributed by atoms with Crippen molar-refractivity contribution in [3.63, 3.8) is 0 Å². The van der Waals surface area contributed by atoms with Crippen LogP contribution in [0.5, 0.6) is 11.5 Å². The normalized spacial score (nSPS) is 11.8. The molecule has 0 aliphatic heterocycles. The summed E-state index contributed by atoms with van der Waals surface area (Å²) in [5.41, 5.74) is 0.752. The van der Waals surface area contributed by atoms with Crippen LogP contribution in [0.3, 0.4) is 0 Å². The van der Waals surface area contributed by atoms with E-state index in [0.29, 0.717) is 28.0 Å². The average molecular weight is 363 g/mol. The Kier molecular flexibility index (Phi) is 5.86. The monoisotopic (exact) mass is 363 g/mol. The molecule has 0 aliphatic rings. The van der Waals surface area contributed by atoms with Gasteiger partial charge in [-0.2, -0.15) is 0 Å². The summed E-state index contributed by atoms with van der Waals surface area (Å²) < 4.78 is 15.9. The minimum Gasteiger partial charge on any atom is -0.493 e. The van der Waals surface area contributed by atoms with Crippen molar-refractivity contribution < 1.29 is 28.6 Å². The van der Waals surface area contributed by atoms with Crippen LogP contribution in [0.1, 0.15) is 24.5 Å². The number of ether oxygens (including phenoxy) is 2. The largest absolute Gasteiger partial charge is 0.493 e. The minimum absolute atomic E-state index is 0.0258. The Bertz CT molecular complexity index is 901. The highest BCUT2D eigenvalue weighted by Crippen LogP contribution is 2.36. The second-order valence-corrected chi connectivity index (χ2v) is 5.80. The summed E-state index contributed by atoms with van der Waals surface area (Å²) in [6, 6.07) is 2.47. The van der Waals surface area contributed by atoms with Gasteiger partial charge in [0.05, 0.1) is 14.2 Å². The van der Waals surface area contributed by atoms with Crippen LogP contribution >= 0.6 is 0 Å². The van der Waals surface area contributed by atoms with Crippen molar-refractivity contribution in [3.05, 3.63) is 33.7 Å². The molecule has 2 N–H and O–H groups in total. The van der Waals surface area contributed by atoms with Gasteiger partial charge in [0.2, 0.25) is 11.7 Å². The first-order valence-electron chi connectivity index (χ1n) is 7.99. The molecule has 1 atom stereocenters. The summed E-state index contributed by atoms with van der Waals surface area (Å²) in [6.45, 7) is 3.13. The van der Waals surface area contributed by atoms with Crippen molar-refractivity contribution in [2.75, 3.05) is 14.2 Å². The summed E-state index contributed by atoms with van der Waals surface area (Å²) in [4.78, 5) is 35.0. The van der Waals surface area contributed by atoms with Gasteiger partial charge in [0.15, 0.2) is 11.3 Å². The summed E-state index contributed by atoms with van der Waals surface area (Å²) >= 11 is 0. The number of fused-ring (bicyclic) bond motifs is 1. The smallest absolute Gasteiger partial charge is 0.339 e. The number of rotatable bonds is 7. The van der Waals surface area contributed by atoms with Crippen LogP contribution in [-0.2, 0) is 16.0 Å². The Morgan fingerprint density at radius 2 is 1.96 bits per heavy atom. The third-order valence-electron chi connectivity index (χ3n) is 4.15. The van der Waals surface area contributed by atoms with Gasteiger partial charge in [-0.25, -0.2) is 4.79 Å². The molecule has 0 saturated heterocycles. The van der Waals surface area contributed by atoms with Crippen molar-refractivity contribution >= 4 is 22.8 Å². The van der Waals surface area contributed by atoms with Crippen LogP contribution in [0.25, 0.3) is 11.0 Å². The molecule has 1 amide bonds. The van der Waals surface area contributed by atoms with E-state index in [9.17, 15) is 14.4 Å². The topological polar surface area (TPSA) is 115 Å². The zero-order valence-electron chi connectivity index (χ0n) is 15.0. The number of hydrogen-bond acceptors (Lipinski definition) is 6. The Balaban J connectivity index is 2.34. The number of carboxylic acids is 1. The fraction of sp³-hybridized carbons (Fsp3) is 0.389. The van der Waals surface area contributed by atoms with Crippen molar-refractivity contribution in [3.8, 4) is 11.5 Å². The Labute approximate surface area is 149 Å². The average Bonchev–Trinajstić information content (AvgIpc) is 2.60. The predicted molar refractivity (Wildman–Crippen MR) is 93.9 cm³/mol. The molecule has 0 bridgehead atoms. The lowest BCUT2D eigenvalue weighted by Gasteiger charge is -2.13. The molecule has 1 aromatic carbocycles. The van der Waals surface area contributed by atoms with E-state index in [1.807, 2.05) is 0 Å². The SMILES string of the molecule is COc1ccc2c(C)c(CCC(=O)N[C@@H](C)C(=O)O)c(=O)oc2c1OC. The third kappa shape index (κ3) is 3.79. The fourth-order valence-electron chi connectivity index (χ4n) is 2.67. The lowest BCUT2D eigenvalue weighted by molar-refractivity contribution is -0.141. The van der Waals surface area contributed by atoms with Crippen LogP contribution < -0.4 is 20.4 Å². The molecule has 26 heavy (non-hydrogen) atoms. The van der Waals surface area contributed by atoms with Crippen molar-refractivity contribution in [2.45, 2.75) is 32.7 Å². The minimum atomic E-state index is -1.12. The molecule has 0 radical (unpaired) electrons. The number of nitrogens with one attached hydrogen (secondary N) is 1. The van der Waals surface area contributed by atoms with E-state index >= 15 is 0 Å². The highest BCUT2D eigenvalue weighted by atomic mass is 16.5. The van der Waals surface area contributed by atoms with Gasteiger partial charge in [0.1, 0.15) is 6.04 Å². The number of benzene rings is 1. The molecule has 0 saturated carbocycles. The number of amides is 1. The van der Waals surface area contributed by atoms with Gasteiger partial charge in [0.25, 0.3) is 0 Å². The van der Waals surface area contributed by atoms with Crippen LogP contribution in [0.4, 0.5) is 0 Å². The van der Waals surface area contributed by atoms with Crippen LogP contribution in [0.15, 0.2) is 21.3 Å². The van der Waals surface area contributed by atoms with Gasteiger partial charge in [-0.15, -0.1) is 0 Å². The molecule has 2 rings (SSSR count). The van der Waals surface area contributed by atoms with Crippen molar-refractivity contribution in [1.82, 2.24) is 5.32 Å². The summed E-state index contributed by atoms with van der Waals surface area (Å²) in [5, 5.41) is 11.8. The highest BCUT2D eigenvalue weighted by Gasteiger charge is 2.19. The maximum absolute atomic E-state index is 12.4. The molecule has 140 valence electrons. The first-order chi connectivity index (χ1) is 12.3. The van der Waals surface area contributed by atoms with E-state index in [4.69, 9.17) is 19.0 Å². The van der Waals surface area contributed by atoms with Crippen molar-refractivity contribution in [1.29, 1.82) is 0 Å². The van der Waals surface area contributed by atoms with Gasteiger partial charge in [0, 0.05) is 17.4 Å². The van der Waals surface area contributed by atoms with E-state index in [-0.39, 0.29) is 18.4 Å². The van der Waals surface area contributed by atoms with Crippen LogP contribution in [0.2, 0.25) is 0 Å². The first-order valence-corrected chi connectivity index (χ1v) is 7.99. The Morgan fingerprint density at radius 1 is 1.27 bits per heavy atom. The third-order valence-corrected chi connectivity index (χ3v) is 4.15. The van der Waals surface area contributed by atoms with E-state index in [1.165, 1.54) is 21.1 Å². The van der Waals surface area contributed by atoms with Crippen LogP contribution in [-0.4, -0.2) is 37.2 Å². The Hall–Kier alpha value is -3.03. The zero-order valence-corrected chi connectivity index (χ0v) is 15.0. The quantitative estimate of drug-likeness (QED) is 0.719. The van der Waals surface area contributed by atoms with Gasteiger partial charge in [-0.05, 0) is 38.0 Å². The standard InChI is InChI=1S/C18H21NO7/c1-9-11-5-7-13(24-3)16(25-4)15(11)26-18(23)12(9)6-8-14(20)19-10(2)17(21)22/h5,7,10H,6,8H2,1-4H3,(H,19,20)(H,21,22)/t10-/m0/s1. The molecule has 8 nitrogen and oxygen atoms in total. The predicted octanol–water partition coefficient (Wildman–Crippen LogP) is 1.64. The lowest BCUT2D eigenvalue weighted by atomic mass is 10.0. The zero-order chi connectivity index (χ0) is 19.4. The molecule has 0 aliphatic carbocycles.